The molecule has 0 unspecified atom stereocenters. The van der Waals surface area contributed by atoms with E-state index in [1.165, 1.54) is 4.90 Å². The second kappa shape index (κ2) is 8.62. The summed E-state index contributed by atoms with van der Waals surface area (Å²) in [7, 11) is 1.55. The van der Waals surface area contributed by atoms with Crippen LogP contribution in [0.1, 0.15) is 35.9 Å². The average molecular weight is 423 g/mol. The monoisotopic (exact) mass is 423 g/mol. The molecule has 0 spiro atoms. The lowest BCUT2D eigenvalue weighted by Crippen LogP contribution is -2.11. The van der Waals surface area contributed by atoms with Crippen molar-refractivity contribution in [1.29, 1.82) is 0 Å². The molecule has 154 valence electrons. The number of carbonyl (C=O) groups is 1. The molecule has 0 atom stereocenters. The highest BCUT2D eigenvalue weighted by Crippen LogP contribution is 2.29. The smallest absolute Gasteiger partial charge is 0.322 e. The fourth-order valence-electron chi connectivity index (χ4n) is 2.98. The van der Waals surface area contributed by atoms with Crippen LogP contribution in [-0.4, -0.2) is 28.5 Å². The first-order chi connectivity index (χ1) is 14.5. The lowest BCUT2D eigenvalue weighted by atomic mass is 10.1. The second-order valence-electron chi connectivity index (χ2n) is 6.93. The highest BCUT2D eigenvalue weighted by Gasteiger charge is 2.17. The molecule has 4 rings (SSSR count). The van der Waals surface area contributed by atoms with Gasteiger partial charge in [0.25, 0.3) is 5.91 Å². The summed E-state index contributed by atoms with van der Waals surface area (Å²) in [6.45, 7) is 4.32. The fraction of sp³-hybridized carbons (Fsp3) is 0.227. The van der Waals surface area contributed by atoms with E-state index in [0.717, 1.165) is 10.9 Å². The Kier molecular flexibility index (Phi) is 5.76. The number of carbonyl (C=O) groups excluding carboxylic acids is 1. The summed E-state index contributed by atoms with van der Waals surface area (Å²) in [4.78, 5) is 13.7. The number of benzene rings is 2. The van der Waals surface area contributed by atoms with Crippen LogP contribution in [0.25, 0.3) is 11.0 Å². The maximum absolute atomic E-state index is 12.5. The molecule has 2 aromatic carbocycles. The number of methoxy groups -OCH3 is 1. The summed E-state index contributed by atoms with van der Waals surface area (Å²) in [6, 6.07) is 15.3. The molecule has 8 heteroatoms. The number of amides is 1. The number of thioether (sulfide) groups is 1. The Morgan fingerprint density at radius 1 is 1.13 bits per heavy atom. The number of nitrogens with one attached hydrogen (secondary N) is 1. The predicted molar refractivity (Wildman–Crippen MR) is 115 cm³/mol. The number of hydrogen-bond acceptors (Lipinski definition) is 7. The van der Waals surface area contributed by atoms with Crippen molar-refractivity contribution in [2.75, 3.05) is 12.4 Å². The molecule has 0 fully saturated rings. The molecular formula is C22H21N3O4S. The molecule has 7 nitrogen and oxygen atoms in total. The van der Waals surface area contributed by atoms with Crippen molar-refractivity contribution in [3.8, 4) is 5.75 Å². The topological polar surface area (TPSA) is 90.4 Å². The zero-order valence-electron chi connectivity index (χ0n) is 16.8. The molecule has 0 aliphatic rings. The number of hydrogen-bond donors (Lipinski definition) is 1. The number of fused-ring (bicyclic) bond motifs is 1. The Morgan fingerprint density at radius 2 is 1.93 bits per heavy atom. The molecule has 2 aromatic heterocycles. The van der Waals surface area contributed by atoms with Crippen molar-refractivity contribution < 1.29 is 18.4 Å². The zero-order valence-corrected chi connectivity index (χ0v) is 17.7. The highest BCUT2D eigenvalue weighted by atomic mass is 32.2. The van der Waals surface area contributed by atoms with Gasteiger partial charge in [0.1, 0.15) is 0 Å². The molecule has 1 amide bonds. The summed E-state index contributed by atoms with van der Waals surface area (Å²) in [5.41, 5.74) is 1.56. The average Bonchev–Trinajstić information content (AvgIpc) is 3.35. The summed E-state index contributed by atoms with van der Waals surface area (Å²) >= 11 is 1.81. The molecule has 2 heterocycles. The largest absolute Gasteiger partial charge is 0.493 e. The van der Waals surface area contributed by atoms with Gasteiger partial charge in [0.15, 0.2) is 17.1 Å². The standard InChI is InChI=1S/C22H21N3O4S/c1-13(2)30-16-9-7-14(8-10-16)11-19-24-25-22(29-19)23-21(26)18-12-15-5-4-6-17(27-3)20(15)28-18/h4-10,12-13H,11H2,1-3H3,(H,23,25,26). The molecule has 0 saturated carbocycles. The van der Waals surface area contributed by atoms with Crippen LogP contribution in [0.2, 0.25) is 0 Å². The van der Waals surface area contributed by atoms with Crippen molar-refractivity contribution in [2.45, 2.75) is 30.4 Å². The number of para-hydroxylation sites is 1. The maximum atomic E-state index is 12.5. The minimum atomic E-state index is -0.474. The number of rotatable bonds is 7. The Hall–Kier alpha value is -3.26. The van der Waals surface area contributed by atoms with Gasteiger partial charge < -0.3 is 13.6 Å². The van der Waals surface area contributed by atoms with Gasteiger partial charge in [-0.25, -0.2) is 0 Å². The molecule has 1 N–H and O–H groups in total. The normalized spacial score (nSPS) is 11.2. The minimum Gasteiger partial charge on any atom is -0.493 e. The van der Waals surface area contributed by atoms with Gasteiger partial charge in [0.2, 0.25) is 5.89 Å². The van der Waals surface area contributed by atoms with Gasteiger partial charge in [0.05, 0.1) is 13.5 Å². The van der Waals surface area contributed by atoms with Gasteiger partial charge in [-0.05, 0) is 29.8 Å². The number of anilines is 1. The van der Waals surface area contributed by atoms with E-state index in [1.807, 2.05) is 36.0 Å². The summed E-state index contributed by atoms with van der Waals surface area (Å²) in [5, 5.41) is 11.8. The molecule has 0 bridgehead atoms. The van der Waals surface area contributed by atoms with Crippen LogP contribution in [0.5, 0.6) is 5.75 Å². The molecular weight excluding hydrogens is 402 g/mol. The number of ether oxygens (including phenoxy) is 1. The molecule has 0 aliphatic heterocycles. The second-order valence-corrected chi connectivity index (χ2v) is 8.58. The van der Waals surface area contributed by atoms with E-state index in [1.54, 1.807) is 19.2 Å². The highest BCUT2D eigenvalue weighted by molar-refractivity contribution is 7.99. The quantitative estimate of drug-likeness (QED) is 0.410. The van der Waals surface area contributed by atoms with E-state index < -0.39 is 5.91 Å². The minimum absolute atomic E-state index is 0.0226. The van der Waals surface area contributed by atoms with Crippen LogP contribution in [0, 0.1) is 0 Å². The zero-order chi connectivity index (χ0) is 21.1. The number of aromatic nitrogens is 2. The molecule has 0 radical (unpaired) electrons. The van der Waals surface area contributed by atoms with E-state index in [2.05, 4.69) is 41.5 Å². The fourth-order valence-corrected chi connectivity index (χ4v) is 3.81. The Balaban J connectivity index is 1.42. The van der Waals surface area contributed by atoms with Crippen LogP contribution in [-0.2, 0) is 6.42 Å². The summed E-state index contributed by atoms with van der Waals surface area (Å²) in [5.74, 6) is 0.635. The van der Waals surface area contributed by atoms with E-state index in [0.29, 0.717) is 28.9 Å². The first kappa shape index (κ1) is 20.0. The van der Waals surface area contributed by atoms with E-state index >= 15 is 0 Å². The van der Waals surface area contributed by atoms with Gasteiger partial charge >= 0.3 is 6.01 Å². The van der Waals surface area contributed by atoms with Crippen molar-refractivity contribution in [2.24, 2.45) is 0 Å². The van der Waals surface area contributed by atoms with Crippen molar-refractivity contribution in [3.05, 3.63) is 65.7 Å². The SMILES string of the molecule is COc1cccc2cc(C(=O)Nc3nnc(Cc4ccc(SC(C)C)cc4)o3)oc12. The van der Waals surface area contributed by atoms with Crippen LogP contribution in [0.15, 0.2) is 62.3 Å². The number of furan rings is 1. The Morgan fingerprint density at radius 3 is 2.67 bits per heavy atom. The van der Waals surface area contributed by atoms with Crippen molar-refractivity contribution >= 4 is 34.7 Å². The van der Waals surface area contributed by atoms with Crippen LogP contribution < -0.4 is 10.1 Å². The lowest BCUT2D eigenvalue weighted by molar-refractivity contribution is 0.0995. The van der Waals surface area contributed by atoms with Gasteiger partial charge in [0, 0.05) is 15.5 Å². The first-order valence-electron chi connectivity index (χ1n) is 9.47. The third-order valence-corrected chi connectivity index (χ3v) is 5.31. The predicted octanol–water partition coefficient (Wildman–Crippen LogP) is 5.17. The third kappa shape index (κ3) is 4.49. The first-order valence-corrected chi connectivity index (χ1v) is 10.4. The van der Waals surface area contributed by atoms with Crippen LogP contribution in [0.3, 0.4) is 0 Å². The van der Waals surface area contributed by atoms with E-state index in [-0.39, 0.29) is 11.8 Å². The van der Waals surface area contributed by atoms with E-state index in [9.17, 15) is 4.79 Å². The van der Waals surface area contributed by atoms with Gasteiger partial charge in [-0.1, -0.05) is 43.2 Å². The summed E-state index contributed by atoms with van der Waals surface area (Å²) in [6.07, 6.45) is 0.483. The van der Waals surface area contributed by atoms with Crippen LogP contribution >= 0.6 is 11.8 Å². The lowest BCUT2D eigenvalue weighted by Gasteiger charge is -2.05. The Bertz CT molecular complexity index is 1160. The third-order valence-electron chi connectivity index (χ3n) is 4.29. The van der Waals surface area contributed by atoms with Gasteiger partial charge in [-0.3, -0.25) is 10.1 Å². The van der Waals surface area contributed by atoms with Crippen molar-refractivity contribution in [3.63, 3.8) is 0 Å². The number of nitrogens with zero attached hydrogens (tertiary/aromatic N) is 2. The summed E-state index contributed by atoms with van der Waals surface area (Å²) < 4.78 is 16.5. The van der Waals surface area contributed by atoms with Gasteiger partial charge in [-0.15, -0.1) is 16.9 Å². The molecule has 30 heavy (non-hydrogen) atoms. The van der Waals surface area contributed by atoms with Gasteiger partial charge in [-0.2, -0.15) is 0 Å². The molecule has 4 aromatic rings. The van der Waals surface area contributed by atoms with Crippen LogP contribution in [0.4, 0.5) is 6.01 Å². The van der Waals surface area contributed by atoms with Crippen molar-refractivity contribution in [1.82, 2.24) is 10.2 Å². The molecule has 0 aliphatic carbocycles. The molecule has 0 saturated heterocycles. The Labute approximate surface area is 177 Å². The van der Waals surface area contributed by atoms with E-state index in [4.69, 9.17) is 13.6 Å². The maximum Gasteiger partial charge on any atom is 0.322 e.